The highest BCUT2D eigenvalue weighted by Gasteiger charge is 2.20. The van der Waals surface area contributed by atoms with Crippen LogP contribution in [0.4, 0.5) is 0 Å². The van der Waals surface area contributed by atoms with Crippen molar-refractivity contribution in [1.82, 2.24) is 5.32 Å². The highest BCUT2D eigenvalue weighted by Crippen LogP contribution is 2.29. The minimum absolute atomic E-state index is 0.137. The molecule has 1 aromatic rings. The average molecular weight is 277 g/mol. The monoisotopic (exact) mass is 277 g/mol. The van der Waals surface area contributed by atoms with Crippen molar-refractivity contribution in [2.75, 3.05) is 13.2 Å². The summed E-state index contributed by atoms with van der Waals surface area (Å²) in [6.07, 6.45) is 1.45. The lowest BCUT2D eigenvalue weighted by molar-refractivity contribution is -0.143. The Hall–Kier alpha value is -1.35. The Bertz CT molecular complexity index is 395. The van der Waals surface area contributed by atoms with Gasteiger partial charge in [0.2, 0.25) is 0 Å². The van der Waals surface area contributed by atoms with Gasteiger partial charge in [0.1, 0.15) is 0 Å². The van der Waals surface area contributed by atoms with Gasteiger partial charge in [0.25, 0.3) is 0 Å². The zero-order chi connectivity index (χ0) is 15.0. The number of nitrogens with one attached hydrogen (secondary N) is 1. The number of carbonyl (C=O) groups is 1. The first-order valence-corrected chi connectivity index (χ1v) is 7.36. The lowest BCUT2D eigenvalue weighted by Gasteiger charge is -2.27. The quantitative estimate of drug-likeness (QED) is 0.772. The SMILES string of the molecule is CCOC(=O)CCNC(CC(C)(C)C)c1ccccc1. The fourth-order valence-electron chi connectivity index (χ4n) is 2.19. The molecule has 0 saturated carbocycles. The van der Waals surface area contributed by atoms with Crippen LogP contribution in [-0.2, 0) is 9.53 Å². The Morgan fingerprint density at radius 2 is 1.90 bits per heavy atom. The standard InChI is InChI=1S/C17H27NO2/c1-5-20-16(19)11-12-18-15(13-17(2,3)4)14-9-7-6-8-10-14/h6-10,15,18H,5,11-13H2,1-4H3. The van der Waals surface area contributed by atoms with Crippen LogP contribution in [0.2, 0.25) is 0 Å². The molecule has 0 radical (unpaired) electrons. The summed E-state index contributed by atoms with van der Waals surface area (Å²) in [5.74, 6) is -0.137. The molecule has 0 heterocycles. The lowest BCUT2D eigenvalue weighted by Crippen LogP contribution is -2.28. The summed E-state index contributed by atoms with van der Waals surface area (Å²) in [6, 6.07) is 10.7. The fourth-order valence-corrected chi connectivity index (χ4v) is 2.19. The summed E-state index contributed by atoms with van der Waals surface area (Å²) in [4.78, 5) is 11.4. The van der Waals surface area contributed by atoms with Crippen LogP contribution >= 0.6 is 0 Å². The highest BCUT2D eigenvalue weighted by molar-refractivity contribution is 5.69. The maximum absolute atomic E-state index is 11.4. The molecule has 0 aromatic heterocycles. The second-order valence-electron chi connectivity index (χ2n) is 6.24. The van der Waals surface area contributed by atoms with Crippen molar-refractivity contribution < 1.29 is 9.53 Å². The van der Waals surface area contributed by atoms with Gasteiger partial charge in [-0.1, -0.05) is 51.1 Å². The number of hydrogen-bond acceptors (Lipinski definition) is 3. The van der Waals surface area contributed by atoms with E-state index in [0.717, 1.165) is 6.42 Å². The van der Waals surface area contributed by atoms with E-state index in [4.69, 9.17) is 4.74 Å². The van der Waals surface area contributed by atoms with Gasteiger partial charge < -0.3 is 10.1 Å². The first-order valence-electron chi connectivity index (χ1n) is 7.36. The number of benzene rings is 1. The molecule has 1 aromatic carbocycles. The number of hydrogen-bond donors (Lipinski definition) is 1. The molecule has 112 valence electrons. The van der Waals surface area contributed by atoms with Crippen LogP contribution in [0.3, 0.4) is 0 Å². The average Bonchev–Trinajstić information content (AvgIpc) is 2.37. The highest BCUT2D eigenvalue weighted by atomic mass is 16.5. The van der Waals surface area contributed by atoms with Crippen LogP contribution in [0.1, 0.15) is 52.1 Å². The van der Waals surface area contributed by atoms with E-state index in [-0.39, 0.29) is 17.4 Å². The molecule has 20 heavy (non-hydrogen) atoms. The first kappa shape index (κ1) is 16.7. The summed E-state index contributed by atoms with van der Waals surface area (Å²) in [6.45, 7) is 9.62. The molecule has 0 bridgehead atoms. The predicted molar refractivity (Wildman–Crippen MR) is 82.5 cm³/mol. The Morgan fingerprint density at radius 3 is 2.45 bits per heavy atom. The topological polar surface area (TPSA) is 38.3 Å². The molecule has 0 fully saturated rings. The molecule has 0 saturated heterocycles. The van der Waals surface area contributed by atoms with Crippen molar-refractivity contribution in [2.45, 2.75) is 46.6 Å². The molecular formula is C17H27NO2. The van der Waals surface area contributed by atoms with E-state index in [1.807, 2.05) is 13.0 Å². The van der Waals surface area contributed by atoms with Crippen molar-refractivity contribution in [1.29, 1.82) is 0 Å². The Labute approximate surface area is 122 Å². The van der Waals surface area contributed by atoms with Crippen molar-refractivity contribution in [2.24, 2.45) is 5.41 Å². The van der Waals surface area contributed by atoms with Crippen molar-refractivity contribution in [3.63, 3.8) is 0 Å². The number of rotatable bonds is 7. The van der Waals surface area contributed by atoms with E-state index in [1.54, 1.807) is 0 Å². The third-order valence-electron chi connectivity index (χ3n) is 3.04. The van der Waals surface area contributed by atoms with E-state index in [2.05, 4.69) is 50.4 Å². The van der Waals surface area contributed by atoms with Crippen LogP contribution in [0.15, 0.2) is 30.3 Å². The molecular weight excluding hydrogens is 250 g/mol. The Kier molecular flexibility index (Phi) is 6.73. The molecule has 1 unspecified atom stereocenters. The lowest BCUT2D eigenvalue weighted by atomic mass is 9.85. The summed E-state index contributed by atoms with van der Waals surface area (Å²) < 4.78 is 4.95. The molecule has 0 aliphatic heterocycles. The van der Waals surface area contributed by atoms with Gasteiger partial charge in [-0.2, -0.15) is 0 Å². The number of ether oxygens (including phenoxy) is 1. The third-order valence-corrected chi connectivity index (χ3v) is 3.04. The van der Waals surface area contributed by atoms with Crippen LogP contribution < -0.4 is 5.32 Å². The maximum atomic E-state index is 11.4. The van der Waals surface area contributed by atoms with Crippen molar-refractivity contribution >= 4 is 5.97 Å². The second-order valence-corrected chi connectivity index (χ2v) is 6.24. The van der Waals surface area contributed by atoms with Gasteiger partial charge in [-0.3, -0.25) is 4.79 Å². The first-order chi connectivity index (χ1) is 9.42. The van der Waals surface area contributed by atoms with E-state index in [9.17, 15) is 4.79 Å². The maximum Gasteiger partial charge on any atom is 0.307 e. The van der Waals surface area contributed by atoms with Gasteiger partial charge in [-0.05, 0) is 24.3 Å². The molecule has 0 spiro atoms. The molecule has 1 rings (SSSR count). The van der Waals surface area contributed by atoms with Crippen LogP contribution in [-0.4, -0.2) is 19.1 Å². The van der Waals surface area contributed by atoms with Gasteiger partial charge in [-0.25, -0.2) is 0 Å². The van der Waals surface area contributed by atoms with Crippen LogP contribution in [0.25, 0.3) is 0 Å². The molecule has 0 aliphatic carbocycles. The summed E-state index contributed by atoms with van der Waals surface area (Å²) in [7, 11) is 0. The fraction of sp³-hybridized carbons (Fsp3) is 0.588. The zero-order valence-electron chi connectivity index (χ0n) is 13.1. The minimum Gasteiger partial charge on any atom is -0.466 e. The molecule has 3 heteroatoms. The molecule has 0 aliphatic rings. The van der Waals surface area contributed by atoms with Crippen molar-refractivity contribution in [3.05, 3.63) is 35.9 Å². The largest absolute Gasteiger partial charge is 0.466 e. The van der Waals surface area contributed by atoms with Gasteiger partial charge in [0, 0.05) is 12.6 Å². The smallest absolute Gasteiger partial charge is 0.307 e. The van der Waals surface area contributed by atoms with Crippen LogP contribution in [0.5, 0.6) is 0 Å². The molecule has 1 N–H and O–H groups in total. The van der Waals surface area contributed by atoms with E-state index >= 15 is 0 Å². The van der Waals surface area contributed by atoms with Gasteiger partial charge in [0.15, 0.2) is 0 Å². The predicted octanol–water partition coefficient (Wildman–Crippen LogP) is 3.71. The third kappa shape index (κ3) is 6.71. The Morgan fingerprint density at radius 1 is 1.25 bits per heavy atom. The van der Waals surface area contributed by atoms with E-state index in [0.29, 0.717) is 19.6 Å². The minimum atomic E-state index is -0.137. The molecule has 3 nitrogen and oxygen atoms in total. The number of carbonyl (C=O) groups excluding carboxylic acids is 1. The number of esters is 1. The van der Waals surface area contributed by atoms with Gasteiger partial charge in [0.05, 0.1) is 13.0 Å². The summed E-state index contributed by atoms with van der Waals surface area (Å²) in [5.41, 5.74) is 1.50. The van der Waals surface area contributed by atoms with Crippen molar-refractivity contribution in [3.8, 4) is 0 Å². The van der Waals surface area contributed by atoms with Gasteiger partial charge in [-0.15, -0.1) is 0 Å². The summed E-state index contributed by atoms with van der Waals surface area (Å²) >= 11 is 0. The normalized spacial score (nSPS) is 13.0. The van der Waals surface area contributed by atoms with Crippen LogP contribution in [0, 0.1) is 5.41 Å². The second kappa shape index (κ2) is 8.05. The van der Waals surface area contributed by atoms with E-state index in [1.165, 1.54) is 5.56 Å². The molecule has 1 atom stereocenters. The van der Waals surface area contributed by atoms with Gasteiger partial charge >= 0.3 is 5.97 Å². The zero-order valence-corrected chi connectivity index (χ0v) is 13.1. The Balaban J connectivity index is 2.58. The molecule has 0 amide bonds. The van der Waals surface area contributed by atoms with E-state index < -0.39 is 0 Å². The summed E-state index contributed by atoms with van der Waals surface area (Å²) in [5, 5.41) is 3.48.